The van der Waals surface area contributed by atoms with Gasteiger partial charge in [-0.15, -0.1) is 0 Å². The third kappa shape index (κ3) is 1.74. The minimum absolute atomic E-state index is 0.197. The highest BCUT2D eigenvalue weighted by molar-refractivity contribution is 6.01. The number of aryl methyl sites for hydroxylation is 1. The number of ether oxygens (including phenoxy) is 1. The summed E-state index contributed by atoms with van der Waals surface area (Å²) in [5, 5.41) is 11.9. The Hall–Kier alpha value is -2.13. The molecule has 1 fully saturated rings. The number of nitrogens with one attached hydrogen (secondary N) is 1. The van der Waals surface area contributed by atoms with Gasteiger partial charge in [0.15, 0.2) is 0 Å². The van der Waals surface area contributed by atoms with Gasteiger partial charge in [0.1, 0.15) is 11.7 Å². The minimum Gasteiger partial charge on any atom is -0.458 e. The zero-order valence-electron chi connectivity index (χ0n) is 10.8. The van der Waals surface area contributed by atoms with E-state index in [2.05, 4.69) is 16.4 Å². The number of carbonyl (C=O) groups is 1. The summed E-state index contributed by atoms with van der Waals surface area (Å²) in [5.74, 6) is 0.231. The van der Waals surface area contributed by atoms with E-state index >= 15 is 0 Å². The standard InChI is InChI=1S/C13H14N4O2/c1-8-3-10-11(15-6-8)19-13(12(18)16-10)4-9(5-14)17(2)7-13/h3,6,9H,4,7H2,1-2H3,(H,16,18)/t9-,13+/m0/s1. The molecule has 2 aliphatic rings. The second kappa shape index (κ2) is 3.93. The largest absolute Gasteiger partial charge is 0.458 e. The number of anilines is 1. The Morgan fingerprint density at radius 1 is 1.68 bits per heavy atom. The van der Waals surface area contributed by atoms with Gasteiger partial charge in [-0.25, -0.2) is 4.98 Å². The molecule has 0 radical (unpaired) electrons. The Labute approximate surface area is 111 Å². The number of nitriles is 1. The van der Waals surface area contributed by atoms with Gasteiger partial charge in [0, 0.05) is 19.2 Å². The fourth-order valence-corrected chi connectivity index (χ4v) is 2.62. The molecule has 2 atom stereocenters. The van der Waals surface area contributed by atoms with E-state index in [4.69, 9.17) is 10.00 Å². The number of fused-ring (bicyclic) bond motifs is 1. The van der Waals surface area contributed by atoms with Crippen LogP contribution >= 0.6 is 0 Å². The molecule has 1 aromatic heterocycles. The molecule has 1 aromatic rings. The molecule has 0 aliphatic carbocycles. The first kappa shape index (κ1) is 11.9. The van der Waals surface area contributed by atoms with E-state index in [1.54, 1.807) is 6.20 Å². The van der Waals surface area contributed by atoms with Gasteiger partial charge in [-0.2, -0.15) is 5.26 Å². The van der Waals surface area contributed by atoms with Crippen LogP contribution in [0.25, 0.3) is 0 Å². The first-order valence-electron chi connectivity index (χ1n) is 6.11. The number of aromatic nitrogens is 1. The molecule has 19 heavy (non-hydrogen) atoms. The van der Waals surface area contributed by atoms with Crippen LogP contribution in [0.15, 0.2) is 12.3 Å². The van der Waals surface area contributed by atoms with Gasteiger partial charge in [-0.1, -0.05) is 0 Å². The highest BCUT2D eigenvalue weighted by atomic mass is 16.5. The molecule has 6 nitrogen and oxygen atoms in total. The van der Waals surface area contributed by atoms with Crippen molar-refractivity contribution in [3.8, 4) is 11.9 Å². The van der Waals surface area contributed by atoms with Crippen molar-refractivity contribution in [3.05, 3.63) is 17.8 Å². The Morgan fingerprint density at radius 3 is 3.16 bits per heavy atom. The van der Waals surface area contributed by atoms with Crippen LogP contribution in [-0.2, 0) is 4.79 Å². The monoisotopic (exact) mass is 258 g/mol. The lowest BCUT2D eigenvalue weighted by atomic mass is 9.97. The van der Waals surface area contributed by atoms with Crippen LogP contribution in [0.4, 0.5) is 5.69 Å². The maximum atomic E-state index is 12.3. The molecule has 0 aromatic carbocycles. The van der Waals surface area contributed by atoms with Crippen LogP contribution < -0.4 is 10.1 Å². The Morgan fingerprint density at radius 2 is 2.47 bits per heavy atom. The molecule has 1 spiro atoms. The second-order valence-electron chi connectivity index (χ2n) is 5.18. The quantitative estimate of drug-likeness (QED) is 0.740. The number of hydrogen-bond donors (Lipinski definition) is 1. The van der Waals surface area contributed by atoms with Crippen LogP contribution in [0, 0.1) is 18.3 Å². The third-order valence-corrected chi connectivity index (χ3v) is 3.65. The van der Waals surface area contributed by atoms with E-state index in [-0.39, 0.29) is 11.9 Å². The van der Waals surface area contributed by atoms with Gasteiger partial charge < -0.3 is 10.1 Å². The van der Waals surface area contributed by atoms with Crippen molar-refractivity contribution in [2.45, 2.75) is 25.0 Å². The van der Waals surface area contributed by atoms with Crippen LogP contribution in [-0.4, -0.2) is 41.0 Å². The van der Waals surface area contributed by atoms with Gasteiger partial charge in [-0.05, 0) is 25.6 Å². The summed E-state index contributed by atoms with van der Waals surface area (Å²) in [6.07, 6.45) is 2.06. The summed E-state index contributed by atoms with van der Waals surface area (Å²) < 4.78 is 5.83. The number of nitrogens with zero attached hydrogens (tertiary/aromatic N) is 3. The van der Waals surface area contributed by atoms with Crippen LogP contribution in [0.2, 0.25) is 0 Å². The van der Waals surface area contributed by atoms with Crippen molar-refractivity contribution in [3.63, 3.8) is 0 Å². The van der Waals surface area contributed by atoms with Gasteiger partial charge in [0.2, 0.25) is 11.5 Å². The molecular formula is C13H14N4O2. The predicted molar refractivity (Wildman–Crippen MR) is 67.6 cm³/mol. The smallest absolute Gasteiger partial charge is 0.270 e. The molecule has 98 valence electrons. The second-order valence-corrected chi connectivity index (χ2v) is 5.18. The zero-order valence-corrected chi connectivity index (χ0v) is 10.8. The number of likely N-dealkylation sites (N-methyl/N-ethyl adjacent to an activating group) is 1. The van der Waals surface area contributed by atoms with Crippen molar-refractivity contribution < 1.29 is 9.53 Å². The lowest BCUT2D eigenvalue weighted by Crippen LogP contribution is -2.52. The lowest BCUT2D eigenvalue weighted by Gasteiger charge is -2.33. The summed E-state index contributed by atoms with van der Waals surface area (Å²) in [7, 11) is 1.82. The average molecular weight is 258 g/mol. The summed E-state index contributed by atoms with van der Waals surface area (Å²) in [6, 6.07) is 3.70. The fraction of sp³-hybridized carbons (Fsp3) is 0.462. The summed E-state index contributed by atoms with van der Waals surface area (Å²) in [5.41, 5.74) is 0.556. The van der Waals surface area contributed by atoms with E-state index in [9.17, 15) is 4.79 Å². The molecular weight excluding hydrogens is 244 g/mol. The zero-order chi connectivity index (χ0) is 13.6. The van der Waals surface area contributed by atoms with E-state index in [1.807, 2.05) is 24.9 Å². The minimum atomic E-state index is -0.996. The summed E-state index contributed by atoms with van der Waals surface area (Å²) >= 11 is 0. The highest BCUT2D eigenvalue weighted by Gasteiger charge is 2.53. The fourth-order valence-electron chi connectivity index (χ4n) is 2.62. The molecule has 1 saturated heterocycles. The first-order valence-corrected chi connectivity index (χ1v) is 6.11. The van der Waals surface area contributed by atoms with Gasteiger partial charge in [0.05, 0.1) is 6.07 Å². The van der Waals surface area contributed by atoms with Gasteiger partial charge in [0.25, 0.3) is 5.91 Å². The molecule has 6 heteroatoms. The van der Waals surface area contributed by atoms with Crippen molar-refractivity contribution in [2.24, 2.45) is 0 Å². The van der Waals surface area contributed by atoms with Gasteiger partial charge >= 0.3 is 0 Å². The molecule has 0 unspecified atom stereocenters. The average Bonchev–Trinajstić information content (AvgIpc) is 2.69. The maximum Gasteiger partial charge on any atom is 0.270 e. The summed E-state index contributed by atoms with van der Waals surface area (Å²) in [6.45, 7) is 2.30. The Balaban J connectivity index is 1.97. The number of carbonyl (C=O) groups excluding carboxylic acids is 1. The van der Waals surface area contributed by atoms with Crippen LogP contribution in [0.3, 0.4) is 0 Å². The molecule has 3 rings (SSSR count). The van der Waals surface area contributed by atoms with Gasteiger partial charge in [-0.3, -0.25) is 9.69 Å². The van der Waals surface area contributed by atoms with Crippen LogP contribution in [0.5, 0.6) is 5.88 Å². The van der Waals surface area contributed by atoms with Crippen molar-refractivity contribution in [2.75, 3.05) is 18.9 Å². The highest BCUT2D eigenvalue weighted by Crippen LogP contribution is 2.38. The van der Waals surface area contributed by atoms with E-state index in [0.717, 1.165) is 5.56 Å². The molecule has 0 bridgehead atoms. The Bertz CT molecular complexity index is 595. The summed E-state index contributed by atoms with van der Waals surface area (Å²) in [4.78, 5) is 18.3. The SMILES string of the molecule is Cc1cnc2c(c1)NC(=O)[C@]1(C[C@@H](C#N)N(C)C1)O2. The molecule has 2 aliphatic heterocycles. The van der Waals surface area contributed by atoms with Crippen molar-refractivity contribution >= 4 is 11.6 Å². The molecule has 1 amide bonds. The number of amides is 1. The maximum absolute atomic E-state index is 12.3. The third-order valence-electron chi connectivity index (χ3n) is 3.65. The van der Waals surface area contributed by atoms with Crippen LogP contribution in [0.1, 0.15) is 12.0 Å². The lowest BCUT2D eigenvalue weighted by molar-refractivity contribution is -0.131. The Kier molecular flexibility index (Phi) is 2.47. The molecule has 1 N–H and O–H groups in total. The number of likely N-dealkylation sites (tertiary alicyclic amines) is 1. The molecule has 3 heterocycles. The molecule has 0 saturated carbocycles. The number of rotatable bonds is 0. The normalized spacial score (nSPS) is 29.5. The van der Waals surface area contributed by atoms with Crippen molar-refractivity contribution in [1.82, 2.24) is 9.88 Å². The topological polar surface area (TPSA) is 78.2 Å². The van der Waals surface area contributed by atoms with Crippen molar-refractivity contribution in [1.29, 1.82) is 5.26 Å². The number of pyridine rings is 1. The van der Waals surface area contributed by atoms with E-state index in [0.29, 0.717) is 24.5 Å². The number of hydrogen-bond acceptors (Lipinski definition) is 5. The predicted octanol–water partition coefficient (Wildman–Crippen LogP) is 0.687. The van der Waals surface area contributed by atoms with E-state index < -0.39 is 5.60 Å². The first-order chi connectivity index (χ1) is 9.04. The van der Waals surface area contributed by atoms with E-state index in [1.165, 1.54) is 0 Å².